The van der Waals surface area contributed by atoms with E-state index in [0.29, 0.717) is 28.4 Å². The van der Waals surface area contributed by atoms with E-state index >= 15 is 0 Å². The van der Waals surface area contributed by atoms with Gasteiger partial charge in [-0.3, -0.25) is 4.79 Å². The molecule has 0 saturated carbocycles. The summed E-state index contributed by atoms with van der Waals surface area (Å²) in [6, 6.07) is 8.60. The van der Waals surface area contributed by atoms with Crippen LogP contribution in [0.25, 0.3) is 11.2 Å². The van der Waals surface area contributed by atoms with Gasteiger partial charge in [0.05, 0.1) is 24.6 Å². The zero-order chi connectivity index (χ0) is 19.5. The summed E-state index contributed by atoms with van der Waals surface area (Å²) in [5.74, 6) is -0.783. The van der Waals surface area contributed by atoms with Crippen LogP contribution in [-0.4, -0.2) is 46.7 Å². The van der Waals surface area contributed by atoms with Gasteiger partial charge in [0, 0.05) is 31.1 Å². The first-order chi connectivity index (χ1) is 13.7. The number of esters is 1. The molecule has 1 amide bonds. The topological polar surface area (TPSA) is 95.3 Å². The summed E-state index contributed by atoms with van der Waals surface area (Å²) in [4.78, 5) is 33.1. The SMILES string of the molecule is COC(=O)c1cccc(NC(=O)c2cnc3c(c2)ncn3C2CCOCC2)c1. The highest BCUT2D eigenvalue weighted by Gasteiger charge is 2.19. The van der Waals surface area contributed by atoms with Crippen LogP contribution in [0.1, 0.15) is 39.6 Å². The molecular formula is C20H20N4O4. The van der Waals surface area contributed by atoms with Gasteiger partial charge in [0.15, 0.2) is 5.65 Å². The number of rotatable bonds is 4. The molecule has 0 spiro atoms. The van der Waals surface area contributed by atoms with E-state index in [9.17, 15) is 9.59 Å². The number of hydrogen-bond donors (Lipinski definition) is 1. The first-order valence-corrected chi connectivity index (χ1v) is 9.06. The van der Waals surface area contributed by atoms with E-state index in [-0.39, 0.29) is 5.91 Å². The van der Waals surface area contributed by atoms with Crippen molar-refractivity contribution in [2.75, 3.05) is 25.6 Å². The van der Waals surface area contributed by atoms with E-state index in [4.69, 9.17) is 9.47 Å². The highest BCUT2D eigenvalue weighted by molar-refractivity contribution is 6.05. The fourth-order valence-corrected chi connectivity index (χ4v) is 3.32. The summed E-state index contributed by atoms with van der Waals surface area (Å²) in [6.07, 6.45) is 5.16. The van der Waals surface area contributed by atoms with Gasteiger partial charge in [-0.15, -0.1) is 0 Å². The average molecular weight is 380 g/mol. The van der Waals surface area contributed by atoms with Crippen molar-refractivity contribution in [3.05, 3.63) is 54.0 Å². The van der Waals surface area contributed by atoms with Crippen LogP contribution >= 0.6 is 0 Å². The number of fused-ring (bicyclic) bond motifs is 1. The Hall–Kier alpha value is -3.26. The van der Waals surface area contributed by atoms with Crippen LogP contribution < -0.4 is 5.32 Å². The summed E-state index contributed by atoms with van der Waals surface area (Å²) >= 11 is 0. The quantitative estimate of drug-likeness (QED) is 0.700. The number of nitrogens with zero attached hydrogens (tertiary/aromatic N) is 3. The lowest BCUT2D eigenvalue weighted by atomic mass is 10.1. The third-order valence-electron chi connectivity index (χ3n) is 4.80. The minimum atomic E-state index is -0.460. The van der Waals surface area contributed by atoms with E-state index in [1.165, 1.54) is 7.11 Å². The van der Waals surface area contributed by atoms with Gasteiger partial charge in [-0.05, 0) is 37.1 Å². The second kappa shape index (κ2) is 7.77. The number of carbonyl (C=O) groups is 2. The van der Waals surface area contributed by atoms with Crippen LogP contribution in [0, 0.1) is 0 Å². The van der Waals surface area contributed by atoms with Crippen LogP contribution in [0.2, 0.25) is 0 Å². The maximum absolute atomic E-state index is 12.6. The highest BCUT2D eigenvalue weighted by Crippen LogP contribution is 2.25. The molecule has 0 bridgehead atoms. The van der Waals surface area contributed by atoms with Crippen molar-refractivity contribution in [1.29, 1.82) is 0 Å². The Labute approximate surface area is 161 Å². The number of methoxy groups -OCH3 is 1. The molecule has 1 fully saturated rings. The number of imidazole rings is 1. The number of anilines is 1. The van der Waals surface area contributed by atoms with Gasteiger partial charge in [0.2, 0.25) is 0 Å². The molecule has 0 aliphatic carbocycles. The standard InChI is InChI=1S/C20H20N4O4/c1-27-20(26)13-3-2-4-15(9-13)23-19(25)14-10-17-18(21-11-14)24(12-22-17)16-5-7-28-8-6-16/h2-4,9-12,16H,5-8H2,1H3,(H,23,25). The number of pyridine rings is 1. The van der Waals surface area contributed by atoms with Gasteiger partial charge in [0.25, 0.3) is 5.91 Å². The first-order valence-electron chi connectivity index (χ1n) is 9.06. The van der Waals surface area contributed by atoms with Crippen molar-refractivity contribution in [2.45, 2.75) is 18.9 Å². The second-order valence-corrected chi connectivity index (χ2v) is 6.59. The van der Waals surface area contributed by atoms with E-state index in [1.54, 1.807) is 42.9 Å². The lowest BCUT2D eigenvalue weighted by Gasteiger charge is -2.23. The van der Waals surface area contributed by atoms with Gasteiger partial charge in [-0.25, -0.2) is 14.8 Å². The number of benzene rings is 1. The number of amides is 1. The summed E-state index contributed by atoms with van der Waals surface area (Å²) in [5.41, 5.74) is 2.69. The maximum Gasteiger partial charge on any atom is 0.337 e. The smallest absolute Gasteiger partial charge is 0.337 e. The van der Waals surface area contributed by atoms with Crippen molar-refractivity contribution in [1.82, 2.24) is 14.5 Å². The number of ether oxygens (including phenoxy) is 2. The predicted molar refractivity (Wildman–Crippen MR) is 102 cm³/mol. The third-order valence-corrected chi connectivity index (χ3v) is 4.80. The van der Waals surface area contributed by atoms with E-state index in [1.807, 2.05) is 0 Å². The lowest BCUT2D eigenvalue weighted by Crippen LogP contribution is -2.19. The molecule has 144 valence electrons. The fourth-order valence-electron chi connectivity index (χ4n) is 3.32. The molecule has 4 rings (SSSR count). The van der Waals surface area contributed by atoms with Crippen molar-refractivity contribution in [3.63, 3.8) is 0 Å². The minimum Gasteiger partial charge on any atom is -0.465 e. The Morgan fingerprint density at radius 3 is 2.79 bits per heavy atom. The largest absolute Gasteiger partial charge is 0.465 e. The molecule has 3 aromatic rings. The maximum atomic E-state index is 12.6. The predicted octanol–water partition coefficient (Wildman–Crippen LogP) is 2.82. The Balaban J connectivity index is 1.54. The van der Waals surface area contributed by atoms with E-state index in [0.717, 1.165) is 31.7 Å². The zero-order valence-electron chi connectivity index (χ0n) is 15.4. The molecular weight excluding hydrogens is 360 g/mol. The van der Waals surface area contributed by atoms with E-state index in [2.05, 4.69) is 19.9 Å². The number of aromatic nitrogens is 3. The van der Waals surface area contributed by atoms with Crippen molar-refractivity contribution in [3.8, 4) is 0 Å². The molecule has 1 aliphatic heterocycles. The Bertz CT molecular complexity index is 1020. The summed E-state index contributed by atoms with van der Waals surface area (Å²) < 4.78 is 12.2. The van der Waals surface area contributed by atoms with Crippen LogP contribution in [0.4, 0.5) is 5.69 Å². The van der Waals surface area contributed by atoms with Gasteiger partial charge in [-0.2, -0.15) is 0 Å². The summed E-state index contributed by atoms with van der Waals surface area (Å²) in [6.45, 7) is 1.46. The fraction of sp³-hybridized carbons (Fsp3) is 0.300. The number of hydrogen-bond acceptors (Lipinski definition) is 6. The molecule has 8 heteroatoms. The Morgan fingerprint density at radius 2 is 2.00 bits per heavy atom. The van der Waals surface area contributed by atoms with E-state index < -0.39 is 5.97 Å². The number of carbonyl (C=O) groups excluding carboxylic acids is 2. The molecule has 8 nitrogen and oxygen atoms in total. The Kier molecular flexibility index (Phi) is 5.03. The summed E-state index contributed by atoms with van der Waals surface area (Å²) in [7, 11) is 1.31. The monoisotopic (exact) mass is 380 g/mol. The van der Waals surface area contributed by atoms with Crippen molar-refractivity contribution >= 4 is 28.7 Å². The molecule has 2 aromatic heterocycles. The Morgan fingerprint density at radius 1 is 1.18 bits per heavy atom. The van der Waals surface area contributed by atoms with Crippen LogP contribution in [-0.2, 0) is 9.47 Å². The van der Waals surface area contributed by atoms with Crippen molar-refractivity contribution < 1.29 is 19.1 Å². The van der Waals surface area contributed by atoms with Gasteiger partial charge in [-0.1, -0.05) is 6.07 Å². The third kappa shape index (κ3) is 3.59. The molecule has 1 aromatic carbocycles. The lowest BCUT2D eigenvalue weighted by molar-refractivity contribution is 0.0600. The second-order valence-electron chi connectivity index (χ2n) is 6.59. The molecule has 28 heavy (non-hydrogen) atoms. The molecule has 1 N–H and O–H groups in total. The van der Waals surface area contributed by atoms with Crippen LogP contribution in [0.3, 0.4) is 0 Å². The normalized spacial score (nSPS) is 14.8. The van der Waals surface area contributed by atoms with Gasteiger partial charge < -0.3 is 19.4 Å². The zero-order valence-corrected chi connectivity index (χ0v) is 15.4. The van der Waals surface area contributed by atoms with Gasteiger partial charge in [0.1, 0.15) is 5.52 Å². The molecule has 1 saturated heterocycles. The molecule has 3 heterocycles. The molecule has 0 unspecified atom stereocenters. The van der Waals surface area contributed by atoms with Crippen LogP contribution in [0.5, 0.6) is 0 Å². The molecule has 0 radical (unpaired) electrons. The first kappa shape index (κ1) is 18.1. The molecule has 1 aliphatic rings. The highest BCUT2D eigenvalue weighted by atomic mass is 16.5. The number of nitrogens with one attached hydrogen (secondary N) is 1. The van der Waals surface area contributed by atoms with Crippen LogP contribution in [0.15, 0.2) is 42.9 Å². The van der Waals surface area contributed by atoms with Crippen molar-refractivity contribution in [2.24, 2.45) is 0 Å². The molecule has 0 atom stereocenters. The minimum absolute atomic E-state index is 0.312. The summed E-state index contributed by atoms with van der Waals surface area (Å²) in [5, 5.41) is 2.77. The van der Waals surface area contributed by atoms with Gasteiger partial charge >= 0.3 is 5.97 Å². The average Bonchev–Trinajstić information content (AvgIpc) is 3.17.